The van der Waals surface area contributed by atoms with Crippen LogP contribution in [0.25, 0.3) is 0 Å². The minimum Gasteiger partial charge on any atom is -0.354 e. The molecule has 1 fully saturated rings. The average molecular weight is 360 g/mol. The third kappa shape index (κ3) is 4.66. The fourth-order valence-electron chi connectivity index (χ4n) is 2.96. The Balaban J connectivity index is 2.04. The van der Waals surface area contributed by atoms with Gasteiger partial charge in [-0.1, -0.05) is 25.3 Å². The molecule has 0 atom stereocenters. The number of hydrogen-bond acceptors (Lipinski definition) is 3. The molecule has 1 saturated carbocycles. The Morgan fingerprint density at radius 2 is 1.79 bits per heavy atom. The van der Waals surface area contributed by atoms with Gasteiger partial charge in [0.2, 0.25) is 15.9 Å². The van der Waals surface area contributed by atoms with E-state index in [1.165, 1.54) is 6.07 Å². The van der Waals surface area contributed by atoms with Crippen LogP contribution in [0.3, 0.4) is 0 Å². The molecular weight excluding hydrogens is 338 g/mol. The van der Waals surface area contributed by atoms with Crippen LogP contribution in [0.15, 0.2) is 18.2 Å². The van der Waals surface area contributed by atoms with Gasteiger partial charge in [0.15, 0.2) is 11.6 Å². The molecule has 0 aromatic heterocycles. The van der Waals surface area contributed by atoms with Crippen LogP contribution in [-0.2, 0) is 14.8 Å². The zero-order chi connectivity index (χ0) is 17.7. The number of halogens is 2. The smallest absolute Gasteiger partial charge is 0.232 e. The molecule has 0 saturated heterocycles. The summed E-state index contributed by atoms with van der Waals surface area (Å²) in [5.74, 6) is -2.11. The molecule has 0 radical (unpaired) electrons. The summed E-state index contributed by atoms with van der Waals surface area (Å²) in [6, 6.07) is 3.16. The summed E-state index contributed by atoms with van der Waals surface area (Å²) in [4.78, 5) is 12.1. The van der Waals surface area contributed by atoms with Crippen molar-refractivity contribution >= 4 is 21.6 Å². The highest BCUT2D eigenvalue weighted by atomic mass is 32.2. The summed E-state index contributed by atoms with van der Waals surface area (Å²) < 4.78 is 52.2. The number of carbonyl (C=O) groups excluding carboxylic acids is 1. The molecule has 1 aliphatic rings. The monoisotopic (exact) mass is 360 g/mol. The average Bonchev–Trinajstić information content (AvgIpc) is 2.52. The van der Waals surface area contributed by atoms with Crippen LogP contribution in [-0.4, -0.2) is 33.7 Å². The summed E-state index contributed by atoms with van der Waals surface area (Å²) in [7, 11) is -3.88. The number of sulfonamides is 1. The lowest BCUT2D eigenvalue weighted by Gasteiger charge is -2.25. The molecule has 0 aliphatic heterocycles. The van der Waals surface area contributed by atoms with Crippen LogP contribution in [0.5, 0.6) is 0 Å². The minimum absolute atomic E-state index is 0.00379. The molecule has 0 spiro atoms. The second kappa shape index (κ2) is 7.92. The van der Waals surface area contributed by atoms with Crippen molar-refractivity contribution in [1.82, 2.24) is 5.32 Å². The number of para-hydroxylation sites is 1. The van der Waals surface area contributed by atoms with Crippen molar-refractivity contribution in [2.24, 2.45) is 5.92 Å². The Labute approximate surface area is 141 Å². The van der Waals surface area contributed by atoms with Gasteiger partial charge in [-0.3, -0.25) is 9.10 Å². The third-order valence-corrected chi connectivity index (χ3v) is 5.34. The van der Waals surface area contributed by atoms with Crippen LogP contribution < -0.4 is 9.62 Å². The zero-order valence-corrected chi connectivity index (χ0v) is 14.4. The number of carbonyl (C=O) groups is 1. The van der Waals surface area contributed by atoms with Crippen molar-refractivity contribution in [1.29, 1.82) is 0 Å². The van der Waals surface area contributed by atoms with E-state index in [2.05, 4.69) is 5.32 Å². The summed E-state index contributed by atoms with van der Waals surface area (Å²) >= 11 is 0. The molecule has 24 heavy (non-hydrogen) atoms. The maximum Gasteiger partial charge on any atom is 0.232 e. The highest BCUT2D eigenvalue weighted by molar-refractivity contribution is 7.92. The summed E-state index contributed by atoms with van der Waals surface area (Å²) in [6.45, 7) is -0.231. The van der Waals surface area contributed by atoms with E-state index in [4.69, 9.17) is 0 Å². The topological polar surface area (TPSA) is 66.5 Å². The van der Waals surface area contributed by atoms with Crippen LogP contribution in [0.1, 0.15) is 32.1 Å². The number of anilines is 1. The Hall–Kier alpha value is -1.70. The van der Waals surface area contributed by atoms with E-state index >= 15 is 0 Å². The standard InChI is InChI=1S/C16H22F2N2O3S/c1-24(22,23)20(15-13(17)8-5-9-14(15)18)11-10-19-16(21)12-6-3-2-4-7-12/h5,8-9,12H,2-4,6-7,10-11H2,1H3,(H,19,21). The van der Waals surface area contributed by atoms with Gasteiger partial charge in [0.05, 0.1) is 12.8 Å². The fourth-order valence-corrected chi connectivity index (χ4v) is 3.89. The fraction of sp³-hybridized carbons (Fsp3) is 0.562. The van der Waals surface area contributed by atoms with E-state index in [1.54, 1.807) is 0 Å². The van der Waals surface area contributed by atoms with Crippen molar-refractivity contribution in [3.05, 3.63) is 29.8 Å². The normalized spacial score (nSPS) is 16.0. The number of nitrogens with zero attached hydrogens (tertiary/aromatic N) is 1. The molecule has 1 N–H and O–H groups in total. The van der Waals surface area contributed by atoms with Gasteiger partial charge < -0.3 is 5.32 Å². The van der Waals surface area contributed by atoms with Gasteiger partial charge in [-0.05, 0) is 25.0 Å². The zero-order valence-electron chi connectivity index (χ0n) is 13.6. The molecule has 2 rings (SSSR count). The van der Waals surface area contributed by atoms with Crippen molar-refractivity contribution in [3.63, 3.8) is 0 Å². The molecule has 0 unspecified atom stereocenters. The highest BCUT2D eigenvalue weighted by Gasteiger charge is 2.25. The van der Waals surface area contributed by atoms with E-state index in [0.717, 1.165) is 50.5 Å². The second-order valence-corrected chi connectivity index (χ2v) is 7.94. The predicted octanol–water partition coefficient (Wildman–Crippen LogP) is 2.43. The molecule has 1 amide bonds. The first-order valence-corrected chi connectivity index (χ1v) is 9.85. The first kappa shape index (κ1) is 18.6. The third-order valence-electron chi connectivity index (χ3n) is 4.18. The molecule has 8 heteroatoms. The minimum atomic E-state index is -3.88. The maximum absolute atomic E-state index is 13.9. The van der Waals surface area contributed by atoms with Gasteiger partial charge in [0.25, 0.3) is 0 Å². The van der Waals surface area contributed by atoms with Crippen LogP contribution >= 0.6 is 0 Å². The van der Waals surface area contributed by atoms with Crippen LogP contribution in [0, 0.1) is 17.6 Å². The first-order valence-electron chi connectivity index (χ1n) is 8.00. The summed E-state index contributed by atoms with van der Waals surface area (Å²) in [6.07, 6.45) is 5.66. The quantitative estimate of drug-likeness (QED) is 0.847. The number of rotatable bonds is 6. The van der Waals surface area contributed by atoms with E-state index in [9.17, 15) is 22.0 Å². The number of benzene rings is 1. The van der Waals surface area contributed by atoms with Gasteiger partial charge in [-0.25, -0.2) is 17.2 Å². The summed E-state index contributed by atoms with van der Waals surface area (Å²) in [5, 5.41) is 2.67. The van der Waals surface area contributed by atoms with Crippen molar-refractivity contribution < 1.29 is 22.0 Å². The number of hydrogen-bond donors (Lipinski definition) is 1. The maximum atomic E-state index is 13.9. The van der Waals surface area contributed by atoms with Gasteiger partial charge in [0.1, 0.15) is 5.69 Å². The number of nitrogens with one attached hydrogen (secondary N) is 1. The van der Waals surface area contributed by atoms with Crippen molar-refractivity contribution in [2.45, 2.75) is 32.1 Å². The lowest BCUT2D eigenvalue weighted by Crippen LogP contribution is -2.41. The Kier molecular flexibility index (Phi) is 6.15. The molecule has 1 aromatic rings. The molecule has 0 heterocycles. The second-order valence-electron chi connectivity index (χ2n) is 6.03. The highest BCUT2D eigenvalue weighted by Crippen LogP contribution is 2.25. The largest absolute Gasteiger partial charge is 0.354 e. The number of amides is 1. The Morgan fingerprint density at radius 3 is 2.33 bits per heavy atom. The van der Waals surface area contributed by atoms with E-state index in [-0.39, 0.29) is 24.9 Å². The van der Waals surface area contributed by atoms with E-state index in [1.807, 2.05) is 0 Å². The van der Waals surface area contributed by atoms with Gasteiger partial charge in [-0.15, -0.1) is 0 Å². The first-order chi connectivity index (χ1) is 11.3. The van der Waals surface area contributed by atoms with Crippen molar-refractivity contribution in [3.8, 4) is 0 Å². The van der Waals surface area contributed by atoms with Gasteiger partial charge in [0, 0.05) is 12.5 Å². The van der Waals surface area contributed by atoms with Crippen LogP contribution in [0.2, 0.25) is 0 Å². The van der Waals surface area contributed by atoms with Crippen molar-refractivity contribution in [2.75, 3.05) is 23.7 Å². The van der Waals surface area contributed by atoms with E-state index < -0.39 is 27.3 Å². The van der Waals surface area contributed by atoms with Gasteiger partial charge in [-0.2, -0.15) is 0 Å². The SMILES string of the molecule is CS(=O)(=O)N(CCNC(=O)C1CCCCC1)c1c(F)cccc1F. The van der Waals surface area contributed by atoms with Gasteiger partial charge >= 0.3 is 0 Å². The lowest BCUT2D eigenvalue weighted by atomic mass is 9.89. The lowest BCUT2D eigenvalue weighted by molar-refractivity contribution is -0.125. The van der Waals surface area contributed by atoms with E-state index in [0.29, 0.717) is 4.31 Å². The molecule has 5 nitrogen and oxygen atoms in total. The molecule has 0 bridgehead atoms. The van der Waals surface area contributed by atoms with Crippen LogP contribution in [0.4, 0.5) is 14.5 Å². The Bertz CT molecular complexity index is 668. The Morgan fingerprint density at radius 1 is 1.21 bits per heavy atom. The summed E-state index contributed by atoms with van der Waals surface area (Å²) in [5.41, 5.74) is -0.619. The predicted molar refractivity (Wildman–Crippen MR) is 88.1 cm³/mol. The molecule has 1 aromatic carbocycles. The molecule has 134 valence electrons. The molecule has 1 aliphatic carbocycles. The molecular formula is C16H22F2N2O3S.